The van der Waals surface area contributed by atoms with Crippen LogP contribution >= 0.6 is 0 Å². The molecule has 2 aromatic rings. The zero-order chi connectivity index (χ0) is 16.9. The number of allylic oxidation sites excluding steroid dienone is 1. The summed E-state index contributed by atoms with van der Waals surface area (Å²) in [6, 6.07) is 12.5. The van der Waals surface area contributed by atoms with Gasteiger partial charge in [0, 0.05) is 31.1 Å². The molecule has 1 amide bonds. The van der Waals surface area contributed by atoms with Gasteiger partial charge in [-0.3, -0.25) is 14.7 Å². The molecule has 1 fully saturated rings. The topological polar surface area (TPSA) is 45.2 Å². The first kappa shape index (κ1) is 16.7. The maximum Gasteiger partial charge on any atom is 0.243 e. The van der Waals surface area contributed by atoms with E-state index in [1.807, 2.05) is 26.0 Å². The maximum atomic E-state index is 11.7. The van der Waals surface area contributed by atoms with Crippen LogP contribution in [-0.4, -0.2) is 35.4 Å². The fraction of sp³-hybridized carbons (Fsp3) is 0.400. The number of aromatic nitrogens is 1. The van der Waals surface area contributed by atoms with E-state index in [2.05, 4.69) is 34.5 Å². The van der Waals surface area contributed by atoms with Crippen molar-refractivity contribution in [1.82, 2.24) is 15.2 Å². The normalized spacial score (nSPS) is 17.8. The van der Waals surface area contributed by atoms with E-state index in [-0.39, 0.29) is 5.91 Å². The molecule has 1 aliphatic rings. The summed E-state index contributed by atoms with van der Waals surface area (Å²) in [6.45, 7) is 7.59. The number of hydrogen-bond donors (Lipinski definition) is 1. The molecule has 4 nitrogen and oxygen atoms in total. The van der Waals surface area contributed by atoms with Crippen molar-refractivity contribution in [2.45, 2.75) is 26.8 Å². The number of fused-ring (bicyclic) bond motifs is 1. The van der Waals surface area contributed by atoms with Gasteiger partial charge >= 0.3 is 0 Å². The molecule has 1 aromatic heterocycles. The number of benzene rings is 1. The minimum Gasteiger partial charge on any atom is -0.352 e. The Hall–Kier alpha value is -2.20. The van der Waals surface area contributed by atoms with Gasteiger partial charge in [0.1, 0.15) is 0 Å². The van der Waals surface area contributed by atoms with Gasteiger partial charge < -0.3 is 5.32 Å². The molecule has 1 aliphatic heterocycles. The average Bonchev–Trinajstić information content (AvgIpc) is 3.00. The van der Waals surface area contributed by atoms with E-state index in [4.69, 9.17) is 4.98 Å². The Bertz CT molecular complexity index is 749. The monoisotopic (exact) mass is 323 g/mol. The van der Waals surface area contributed by atoms with Crippen LogP contribution in [0.4, 0.5) is 0 Å². The van der Waals surface area contributed by atoms with Crippen molar-refractivity contribution in [3.05, 3.63) is 53.7 Å². The van der Waals surface area contributed by atoms with Gasteiger partial charge in [0.05, 0.1) is 11.2 Å². The van der Waals surface area contributed by atoms with E-state index in [9.17, 15) is 4.79 Å². The molecule has 2 heterocycles. The lowest BCUT2D eigenvalue weighted by atomic mass is 10.1. The van der Waals surface area contributed by atoms with E-state index < -0.39 is 0 Å². The van der Waals surface area contributed by atoms with Crippen LogP contribution in [0.5, 0.6) is 0 Å². The second-order valence-corrected chi connectivity index (χ2v) is 6.85. The van der Waals surface area contributed by atoms with E-state index in [0.29, 0.717) is 5.92 Å². The van der Waals surface area contributed by atoms with Gasteiger partial charge in [0.25, 0.3) is 0 Å². The van der Waals surface area contributed by atoms with Crippen LogP contribution in [-0.2, 0) is 11.3 Å². The first-order valence-electron chi connectivity index (χ1n) is 8.60. The van der Waals surface area contributed by atoms with Crippen molar-refractivity contribution in [3.63, 3.8) is 0 Å². The highest BCUT2D eigenvalue weighted by Gasteiger charge is 2.22. The molecule has 0 saturated carbocycles. The van der Waals surface area contributed by atoms with Gasteiger partial charge in [-0.1, -0.05) is 29.8 Å². The predicted molar refractivity (Wildman–Crippen MR) is 97.6 cm³/mol. The van der Waals surface area contributed by atoms with E-state index in [1.165, 1.54) is 5.39 Å². The van der Waals surface area contributed by atoms with E-state index in [0.717, 1.165) is 49.4 Å². The molecule has 0 bridgehead atoms. The Kier molecular flexibility index (Phi) is 5.26. The summed E-state index contributed by atoms with van der Waals surface area (Å²) in [6.07, 6.45) is 2.79. The second-order valence-electron chi connectivity index (χ2n) is 6.85. The first-order valence-corrected chi connectivity index (χ1v) is 8.60. The smallest absolute Gasteiger partial charge is 0.243 e. The molecule has 3 rings (SSSR count). The average molecular weight is 323 g/mol. The molecule has 24 heavy (non-hydrogen) atoms. The summed E-state index contributed by atoms with van der Waals surface area (Å²) >= 11 is 0. The summed E-state index contributed by atoms with van der Waals surface area (Å²) in [5.74, 6) is 0.546. The number of likely N-dealkylation sites (tertiary alicyclic amines) is 1. The van der Waals surface area contributed by atoms with E-state index in [1.54, 1.807) is 6.08 Å². The van der Waals surface area contributed by atoms with Crippen molar-refractivity contribution >= 4 is 16.8 Å². The number of carbonyl (C=O) groups excluding carboxylic acids is 1. The minimum atomic E-state index is 0.0182. The molecule has 1 aromatic carbocycles. The SMILES string of the molecule is CC(C)=CC(=O)NC[C@H]1CCN(Cc2ccc3ccccc3n2)C1. The number of para-hydroxylation sites is 1. The largest absolute Gasteiger partial charge is 0.352 e. The van der Waals surface area contributed by atoms with Crippen molar-refractivity contribution < 1.29 is 4.79 Å². The number of amides is 1. The van der Waals surface area contributed by atoms with Crippen molar-refractivity contribution in [2.75, 3.05) is 19.6 Å². The fourth-order valence-corrected chi connectivity index (χ4v) is 3.21. The molecule has 0 radical (unpaired) electrons. The third kappa shape index (κ3) is 4.42. The number of carbonyl (C=O) groups is 1. The lowest BCUT2D eigenvalue weighted by molar-refractivity contribution is -0.116. The third-order valence-electron chi connectivity index (χ3n) is 4.40. The number of pyridine rings is 1. The van der Waals surface area contributed by atoms with Crippen molar-refractivity contribution in [3.8, 4) is 0 Å². The highest BCUT2D eigenvalue weighted by atomic mass is 16.1. The van der Waals surface area contributed by atoms with Gasteiger partial charge in [-0.25, -0.2) is 0 Å². The quantitative estimate of drug-likeness (QED) is 0.860. The molecular weight excluding hydrogens is 298 g/mol. The van der Waals surface area contributed by atoms with E-state index >= 15 is 0 Å². The molecule has 1 saturated heterocycles. The number of hydrogen-bond acceptors (Lipinski definition) is 3. The predicted octanol–water partition coefficient (Wildman–Crippen LogP) is 3.14. The fourth-order valence-electron chi connectivity index (χ4n) is 3.21. The van der Waals surface area contributed by atoms with Gasteiger partial charge in [-0.05, 0) is 44.9 Å². The molecule has 4 heteroatoms. The third-order valence-corrected chi connectivity index (χ3v) is 4.40. The van der Waals surface area contributed by atoms with Crippen LogP contribution in [0.15, 0.2) is 48.0 Å². The maximum absolute atomic E-state index is 11.7. The van der Waals surface area contributed by atoms with Crippen LogP contribution < -0.4 is 5.32 Å². The van der Waals surface area contributed by atoms with Crippen LogP contribution in [0, 0.1) is 5.92 Å². The Morgan fingerprint density at radius 3 is 2.96 bits per heavy atom. The van der Waals surface area contributed by atoms with Gasteiger partial charge in [-0.2, -0.15) is 0 Å². The summed E-state index contributed by atoms with van der Waals surface area (Å²) in [5, 5.41) is 4.19. The van der Waals surface area contributed by atoms with Crippen LogP contribution in [0.2, 0.25) is 0 Å². The van der Waals surface area contributed by atoms with Gasteiger partial charge in [0.15, 0.2) is 0 Å². The van der Waals surface area contributed by atoms with Gasteiger partial charge in [0.2, 0.25) is 5.91 Å². The minimum absolute atomic E-state index is 0.0182. The summed E-state index contributed by atoms with van der Waals surface area (Å²) < 4.78 is 0. The first-order chi connectivity index (χ1) is 11.6. The molecule has 126 valence electrons. The number of nitrogens with zero attached hydrogens (tertiary/aromatic N) is 2. The molecule has 1 atom stereocenters. The van der Waals surface area contributed by atoms with Crippen molar-refractivity contribution in [1.29, 1.82) is 0 Å². The zero-order valence-corrected chi connectivity index (χ0v) is 14.5. The Balaban J connectivity index is 1.52. The molecular formula is C20H25N3O. The van der Waals surface area contributed by atoms with Crippen LogP contribution in [0.25, 0.3) is 10.9 Å². The molecule has 0 spiro atoms. The Morgan fingerprint density at radius 2 is 2.12 bits per heavy atom. The molecule has 1 N–H and O–H groups in total. The van der Waals surface area contributed by atoms with Crippen LogP contribution in [0.3, 0.4) is 0 Å². The van der Waals surface area contributed by atoms with Gasteiger partial charge in [-0.15, -0.1) is 0 Å². The second kappa shape index (κ2) is 7.58. The molecule has 0 aliphatic carbocycles. The summed E-state index contributed by atoms with van der Waals surface area (Å²) in [7, 11) is 0. The van der Waals surface area contributed by atoms with Crippen LogP contribution in [0.1, 0.15) is 26.0 Å². The highest BCUT2D eigenvalue weighted by Crippen LogP contribution is 2.19. The standard InChI is InChI=1S/C20H25N3O/c1-15(2)11-20(24)21-12-16-9-10-23(13-16)14-18-8-7-17-5-3-4-6-19(17)22-18/h3-8,11,16H,9-10,12-14H2,1-2H3,(H,21,24)/t16-/m1/s1. The highest BCUT2D eigenvalue weighted by molar-refractivity contribution is 5.88. The summed E-state index contributed by atoms with van der Waals surface area (Å²) in [5.41, 5.74) is 3.20. The lowest BCUT2D eigenvalue weighted by Crippen LogP contribution is -2.30. The summed E-state index contributed by atoms with van der Waals surface area (Å²) in [4.78, 5) is 18.9. The lowest BCUT2D eigenvalue weighted by Gasteiger charge is -2.16. The number of rotatable bonds is 5. The number of nitrogens with one attached hydrogen (secondary N) is 1. The Labute approximate surface area is 143 Å². The molecule has 0 unspecified atom stereocenters. The zero-order valence-electron chi connectivity index (χ0n) is 14.5. The van der Waals surface area contributed by atoms with Crippen molar-refractivity contribution in [2.24, 2.45) is 5.92 Å². The Morgan fingerprint density at radius 1 is 1.29 bits per heavy atom.